The van der Waals surface area contributed by atoms with E-state index in [-0.39, 0.29) is 17.9 Å². The second kappa shape index (κ2) is 13.3. The number of carbonyl (C=O) groups excluding carboxylic acids is 2. The minimum Gasteiger partial charge on any atom is -0.352 e. The fourth-order valence-electron chi connectivity index (χ4n) is 4.33. The molecule has 1 N–H and O–H groups in total. The van der Waals surface area contributed by atoms with Gasteiger partial charge in [-0.2, -0.15) is 11.8 Å². The molecule has 1 unspecified atom stereocenters. The Morgan fingerprint density at radius 3 is 2.25 bits per heavy atom. The summed E-state index contributed by atoms with van der Waals surface area (Å²) in [4.78, 5) is 28.2. The van der Waals surface area contributed by atoms with Crippen LogP contribution < -0.4 is 5.32 Å². The van der Waals surface area contributed by atoms with Crippen molar-refractivity contribution in [3.05, 3.63) is 71.8 Å². The van der Waals surface area contributed by atoms with Gasteiger partial charge in [0.15, 0.2) is 0 Å². The maximum Gasteiger partial charge on any atom is 0.243 e. The standard InChI is InChI=1S/C27H36N2O2S/c1-2-25(27(31)28-24-15-9-10-16-24)29(19-17-22-11-5-3-6-12-22)26(30)18-20-32-21-23-13-7-4-8-14-23/h3-8,11-14,24-25H,2,9-10,15-21H2,1H3,(H,28,31). The smallest absolute Gasteiger partial charge is 0.243 e. The number of hydrogen-bond acceptors (Lipinski definition) is 3. The van der Waals surface area contributed by atoms with Gasteiger partial charge in [0.05, 0.1) is 0 Å². The van der Waals surface area contributed by atoms with Gasteiger partial charge in [0, 0.05) is 30.5 Å². The zero-order chi connectivity index (χ0) is 22.6. The fraction of sp³-hybridized carbons (Fsp3) is 0.481. The van der Waals surface area contributed by atoms with Gasteiger partial charge in [-0.05, 0) is 36.8 Å². The van der Waals surface area contributed by atoms with Crippen LogP contribution in [0.2, 0.25) is 0 Å². The molecule has 1 aliphatic rings. The molecule has 0 spiro atoms. The van der Waals surface area contributed by atoms with Crippen LogP contribution in [0.15, 0.2) is 60.7 Å². The van der Waals surface area contributed by atoms with E-state index in [4.69, 9.17) is 0 Å². The molecule has 0 bridgehead atoms. The summed E-state index contributed by atoms with van der Waals surface area (Å²) in [6.07, 6.45) is 6.31. The molecule has 1 fully saturated rings. The topological polar surface area (TPSA) is 49.4 Å². The number of carbonyl (C=O) groups is 2. The molecular formula is C27H36N2O2S. The summed E-state index contributed by atoms with van der Waals surface area (Å²) < 4.78 is 0. The van der Waals surface area contributed by atoms with Gasteiger partial charge in [0.25, 0.3) is 0 Å². The second-order valence-electron chi connectivity index (χ2n) is 8.52. The van der Waals surface area contributed by atoms with E-state index >= 15 is 0 Å². The van der Waals surface area contributed by atoms with Crippen molar-refractivity contribution in [1.82, 2.24) is 10.2 Å². The fourth-order valence-corrected chi connectivity index (χ4v) is 5.22. The van der Waals surface area contributed by atoms with Crippen molar-refractivity contribution in [3.8, 4) is 0 Å². The van der Waals surface area contributed by atoms with Gasteiger partial charge in [0.2, 0.25) is 11.8 Å². The average Bonchev–Trinajstić information content (AvgIpc) is 3.33. The monoisotopic (exact) mass is 452 g/mol. The summed E-state index contributed by atoms with van der Waals surface area (Å²) >= 11 is 1.77. The van der Waals surface area contributed by atoms with Crippen LogP contribution in [-0.4, -0.2) is 41.1 Å². The van der Waals surface area contributed by atoms with Crippen molar-refractivity contribution >= 4 is 23.6 Å². The average molecular weight is 453 g/mol. The third-order valence-electron chi connectivity index (χ3n) is 6.14. The number of benzene rings is 2. The summed E-state index contributed by atoms with van der Waals surface area (Å²) in [5, 5.41) is 3.21. The molecule has 1 saturated carbocycles. The highest BCUT2D eigenvalue weighted by atomic mass is 32.2. The lowest BCUT2D eigenvalue weighted by Crippen LogP contribution is -2.51. The quantitative estimate of drug-likeness (QED) is 0.449. The van der Waals surface area contributed by atoms with E-state index in [1.54, 1.807) is 11.8 Å². The van der Waals surface area contributed by atoms with Crippen LogP contribution in [0.4, 0.5) is 0 Å². The Kier molecular flexibility index (Phi) is 10.1. The molecule has 1 aliphatic carbocycles. The van der Waals surface area contributed by atoms with Crippen LogP contribution in [0.1, 0.15) is 56.6 Å². The lowest BCUT2D eigenvalue weighted by molar-refractivity contribution is -0.140. The molecule has 32 heavy (non-hydrogen) atoms. The van der Waals surface area contributed by atoms with Crippen molar-refractivity contribution in [2.24, 2.45) is 0 Å². The van der Waals surface area contributed by atoms with Crippen molar-refractivity contribution in [1.29, 1.82) is 0 Å². The lowest BCUT2D eigenvalue weighted by atomic mass is 10.1. The van der Waals surface area contributed by atoms with Crippen LogP contribution >= 0.6 is 11.8 Å². The lowest BCUT2D eigenvalue weighted by Gasteiger charge is -2.31. The first kappa shape index (κ1) is 24.4. The molecular weight excluding hydrogens is 416 g/mol. The zero-order valence-electron chi connectivity index (χ0n) is 19.2. The van der Waals surface area contributed by atoms with Crippen LogP contribution in [-0.2, 0) is 21.8 Å². The third-order valence-corrected chi connectivity index (χ3v) is 7.17. The predicted molar refractivity (Wildman–Crippen MR) is 134 cm³/mol. The Labute approximate surface area is 197 Å². The number of rotatable bonds is 12. The van der Waals surface area contributed by atoms with Crippen LogP contribution in [0, 0.1) is 0 Å². The van der Waals surface area contributed by atoms with E-state index in [1.807, 2.05) is 48.2 Å². The largest absolute Gasteiger partial charge is 0.352 e. The first-order chi connectivity index (χ1) is 15.7. The molecule has 2 aromatic rings. The van der Waals surface area contributed by atoms with Crippen molar-refractivity contribution in [2.75, 3.05) is 12.3 Å². The molecule has 172 valence electrons. The molecule has 0 saturated heterocycles. The Morgan fingerprint density at radius 1 is 1.00 bits per heavy atom. The van der Waals surface area contributed by atoms with Gasteiger partial charge in [0.1, 0.15) is 6.04 Å². The molecule has 2 aromatic carbocycles. The molecule has 0 aromatic heterocycles. The minimum absolute atomic E-state index is 0.0118. The van der Waals surface area contributed by atoms with E-state index in [0.29, 0.717) is 19.4 Å². The molecule has 0 aliphatic heterocycles. The van der Waals surface area contributed by atoms with Crippen LogP contribution in [0.3, 0.4) is 0 Å². The summed E-state index contributed by atoms with van der Waals surface area (Å²) in [5.74, 6) is 1.75. The summed E-state index contributed by atoms with van der Waals surface area (Å²) in [6, 6.07) is 20.4. The molecule has 3 rings (SSSR count). The number of nitrogens with zero attached hydrogens (tertiary/aromatic N) is 1. The summed E-state index contributed by atoms with van der Waals surface area (Å²) in [7, 11) is 0. The van der Waals surface area contributed by atoms with Gasteiger partial charge < -0.3 is 10.2 Å². The van der Waals surface area contributed by atoms with Crippen LogP contribution in [0.5, 0.6) is 0 Å². The van der Waals surface area contributed by atoms with Gasteiger partial charge in [-0.25, -0.2) is 0 Å². The SMILES string of the molecule is CCC(C(=O)NC1CCCC1)N(CCc1ccccc1)C(=O)CCSCc1ccccc1. The first-order valence-corrected chi connectivity index (χ1v) is 13.1. The molecule has 1 atom stereocenters. The normalized spacial score (nSPS) is 14.8. The molecule has 2 amide bonds. The van der Waals surface area contributed by atoms with E-state index in [2.05, 4.69) is 29.6 Å². The maximum absolute atomic E-state index is 13.3. The van der Waals surface area contributed by atoms with Gasteiger partial charge >= 0.3 is 0 Å². The Balaban J connectivity index is 1.59. The van der Waals surface area contributed by atoms with Crippen LogP contribution in [0.25, 0.3) is 0 Å². The molecule has 0 heterocycles. The summed E-state index contributed by atoms with van der Waals surface area (Å²) in [5.41, 5.74) is 2.46. The van der Waals surface area contributed by atoms with Gasteiger partial charge in [-0.15, -0.1) is 0 Å². The minimum atomic E-state index is -0.397. The Hall–Kier alpha value is -2.27. The van der Waals surface area contributed by atoms with Crippen molar-refractivity contribution in [3.63, 3.8) is 0 Å². The van der Waals surface area contributed by atoms with E-state index in [0.717, 1.165) is 30.8 Å². The highest BCUT2D eigenvalue weighted by Crippen LogP contribution is 2.19. The van der Waals surface area contributed by atoms with Gasteiger partial charge in [-0.3, -0.25) is 9.59 Å². The number of thioether (sulfide) groups is 1. The highest BCUT2D eigenvalue weighted by Gasteiger charge is 2.30. The Bertz CT molecular complexity index is 822. The molecule has 5 heteroatoms. The van der Waals surface area contributed by atoms with Crippen molar-refractivity contribution in [2.45, 2.75) is 69.7 Å². The third kappa shape index (κ3) is 7.70. The predicted octanol–water partition coefficient (Wildman–Crippen LogP) is 5.22. The first-order valence-electron chi connectivity index (χ1n) is 11.9. The maximum atomic E-state index is 13.3. The molecule has 4 nitrogen and oxygen atoms in total. The van der Waals surface area contributed by atoms with E-state index in [1.165, 1.54) is 24.0 Å². The summed E-state index contributed by atoms with van der Waals surface area (Å²) in [6.45, 7) is 2.58. The van der Waals surface area contributed by atoms with E-state index in [9.17, 15) is 9.59 Å². The van der Waals surface area contributed by atoms with Crippen molar-refractivity contribution < 1.29 is 9.59 Å². The number of amides is 2. The van der Waals surface area contributed by atoms with Gasteiger partial charge in [-0.1, -0.05) is 80.4 Å². The molecule has 0 radical (unpaired) electrons. The Morgan fingerprint density at radius 2 is 1.62 bits per heavy atom. The van der Waals surface area contributed by atoms with E-state index < -0.39 is 6.04 Å². The zero-order valence-corrected chi connectivity index (χ0v) is 20.0. The number of hydrogen-bond donors (Lipinski definition) is 1. The number of nitrogens with one attached hydrogen (secondary N) is 1. The second-order valence-corrected chi connectivity index (χ2v) is 9.63. The highest BCUT2D eigenvalue weighted by molar-refractivity contribution is 7.98.